The highest BCUT2D eigenvalue weighted by atomic mass is 16.2. The first-order valence-electron chi connectivity index (χ1n) is 9.82. The second kappa shape index (κ2) is 8.66. The summed E-state index contributed by atoms with van der Waals surface area (Å²) in [7, 11) is 0. The van der Waals surface area contributed by atoms with Crippen LogP contribution >= 0.6 is 0 Å². The number of para-hydroxylation sites is 1. The molecule has 0 fully saturated rings. The van der Waals surface area contributed by atoms with Gasteiger partial charge in [-0.15, -0.1) is 5.10 Å². The zero-order valence-corrected chi connectivity index (χ0v) is 17.2. The molecule has 0 saturated heterocycles. The number of nitrogens with zero attached hydrogens (tertiary/aromatic N) is 4. The first kappa shape index (κ1) is 20.1. The third kappa shape index (κ3) is 4.37. The molecule has 0 unspecified atom stereocenters. The molecule has 2 amide bonds. The van der Waals surface area contributed by atoms with Crippen LogP contribution < -0.4 is 10.9 Å². The van der Waals surface area contributed by atoms with Gasteiger partial charge in [-0.1, -0.05) is 53.7 Å². The monoisotopic (exact) mass is 414 g/mol. The van der Waals surface area contributed by atoms with Crippen LogP contribution in [0.3, 0.4) is 0 Å². The fraction of sp³-hybridized carbons (Fsp3) is 0.130. The molecule has 4 aromatic rings. The van der Waals surface area contributed by atoms with Crippen molar-refractivity contribution in [2.45, 2.75) is 20.4 Å². The van der Waals surface area contributed by atoms with Crippen LogP contribution in [0.4, 0.5) is 0 Å². The molecular weight excluding hydrogens is 392 g/mol. The highest BCUT2D eigenvalue weighted by Crippen LogP contribution is 2.20. The molecule has 8 heteroatoms. The molecule has 4 rings (SSSR count). The van der Waals surface area contributed by atoms with Gasteiger partial charge in [0.05, 0.1) is 18.3 Å². The second-order valence-corrected chi connectivity index (χ2v) is 7.15. The van der Waals surface area contributed by atoms with Crippen molar-refractivity contribution in [2.75, 3.05) is 0 Å². The molecular formula is C23H22N6O2. The Bertz CT molecular complexity index is 1210. The quantitative estimate of drug-likeness (QED) is 0.491. The number of aromatic nitrogens is 4. The van der Waals surface area contributed by atoms with Gasteiger partial charge < -0.3 is 4.57 Å². The minimum Gasteiger partial charge on any atom is -0.318 e. The lowest BCUT2D eigenvalue weighted by Crippen LogP contribution is -2.42. The van der Waals surface area contributed by atoms with Gasteiger partial charge in [0, 0.05) is 17.1 Å². The Morgan fingerprint density at radius 1 is 0.903 bits per heavy atom. The number of carbonyl (C=O) groups excluding carboxylic acids is 2. The minimum absolute atomic E-state index is 0.117. The fourth-order valence-corrected chi connectivity index (χ4v) is 3.46. The van der Waals surface area contributed by atoms with Crippen LogP contribution in [0, 0.1) is 13.8 Å². The van der Waals surface area contributed by atoms with E-state index < -0.39 is 11.8 Å². The Hall–Kier alpha value is -4.20. The van der Waals surface area contributed by atoms with Crippen LogP contribution in [-0.2, 0) is 6.54 Å². The number of hydrogen-bond donors (Lipinski definition) is 2. The average Bonchev–Trinajstić information content (AvgIpc) is 3.37. The molecule has 0 saturated carbocycles. The Balaban J connectivity index is 1.41. The van der Waals surface area contributed by atoms with Gasteiger partial charge in [0.2, 0.25) is 0 Å². The average molecular weight is 414 g/mol. The van der Waals surface area contributed by atoms with Crippen molar-refractivity contribution in [3.8, 4) is 5.69 Å². The lowest BCUT2D eigenvalue weighted by atomic mass is 10.2. The predicted octanol–water partition coefficient (Wildman–Crippen LogP) is 2.81. The first-order valence-corrected chi connectivity index (χ1v) is 9.82. The number of carbonyl (C=O) groups is 2. The van der Waals surface area contributed by atoms with E-state index in [1.54, 1.807) is 10.7 Å². The first-order chi connectivity index (χ1) is 15.0. The Kier molecular flexibility index (Phi) is 5.61. The summed E-state index contributed by atoms with van der Waals surface area (Å²) in [5.74, 6) is -0.940. The van der Waals surface area contributed by atoms with E-state index in [1.807, 2.05) is 79.1 Å². The van der Waals surface area contributed by atoms with Crippen LogP contribution in [0.15, 0.2) is 72.9 Å². The topological polar surface area (TPSA) is 93.8 Å². The minimum atomic E-state index is -0.537. The van der Waals surface area contributed by atoms with E-state index in [9.17, 15) is 9.59 Å². The Labute approximate surface area is 179 Å². The van der Waals surface area contributed by atoms with E-state index in [2.05, 4.69) is 21.2 Å². The number of amides is 2. The maximum absolute atomic E-state index is 12.7. The molecule has 31 heavy (non-hydrogen) atoms. The summed E-state index contributed by atoms with van der Waals surface area (Å²) >= 11 is 0. The second-order valence-electron chi connectivity index (χ2n) is 7.15. The van der Waals surface area contributed by atoms with Gasteiger partial charge in [-0.3, -0.25) is 20.4 Å². The van der Waals surface area contributed by atoms with Crippen molar-refractivity contribution in [2.24, 2.45) is 0 Å². The molecule has 156 valence electrons. The van der Waals surface area contributed by atoms with Crippen molar-refractivity contribution in [3.63, 3.8) is 0 Å². The molecule has 0 aliphatic rings. The Morgan fingerprint density at radius 2 is 1.55 bits per heavy atom. The number of nitrogens with one attached hydrogen (secondary N) is 2. The van der Waals surface area contributed by atoms with Crippen molar-refractivity contribution in [3.05, 3.63) is 101 Å². The van der Waals surface area contributed by atoms with E-state index in [-0.39, 0.29) is 5.69 Å². The SMILES string of the molecule is Cc1cc(C(=O)NNC(=O)c2cn(Cc3ccccc3)nn2)c(C)n1-c1ccccc1. The zero-order chi connectivity index (χ0) is 21.8. The van der Waals surface area contributed by atoms with Gasteiger partial charge in [0.25, 0.3) is 11.8 Å². The maximum Gasteiger partial charge on any atom is 0.291 e. The van der Waals surface area contributed by atoms with Crippen LogP contribution in [0.25, 0.3) is 5.69 Å². The van der Waals surface area contributed by atoms with Gasteiger partial charge in [-0.25, -0.2) is 4.68 Å². The van der Waals surface area contributed by atoms with Crippen molar-refractivity contribution in [1.29, 1.82) is 0 Å². The summed E-state index contributed by atoms with van der Waals surface area (Å²) < 4.78 is 3.56. The number of benzene rings is 2. The van der Waals surface area contributed by atoms with Gasteiger partial charge in [0.15, 0.2) is 5.69 Å². The largest absolute Gasteiger partial charge is 0.318 e. The summed E-state index contributed by atoms with van der Waals surface area (Å²) in [5.41, 5.74) is 9.18. The van der Waals surface area contributed by atoms with Gasteiger partial charge in [-0.05, 0) is 37.6 Å². The standard InChI is InChI=1S/C23H22N6O2/c1-16-13-20(17(2)29(16)19-11-7-4-8-12-19)22(30)25-26-23(31)21-15-28(27-24-21)14-18-9-5-3-6-10-18/h3-13,15H,14H2,1-2H3,(H,25,30)(H,26,31). The molecule has 8 nitrogen and oxygen atoms in total. The predicted molar refractivity (Wildman–Crippen MR) is 116 cm³/mol. The summed E-state index contributed by atoms with van der Waals surface area (Å²) in [6.45, 7) is 4.30. The van der Waals surface area contributed by atoms with Crippen LogP contribution in [0.2, 0.25) is 0 Å². The molecule has 2 aromatic carbocycles. The van der Waals surface area contributed by atoms with Crippen molar-refractivity contribution < 1.29 is 9.59 Å². The molecule has 0 aliphatic heterocycles. The zero-order valence-electron chi connectivity index (χ0n) is 17.2. The van der Waals surface area contributed by atoms with Gasteiger partial charge >= 0.3 is 0 Å². The van der Waals surface area contributed by atoms with Gasteiger partial charge in [0.1, 0.15) is 0 Å². The van der Waals surface area contributed by atoms with Crippen LogP contribution in [-0.4, -0.2) is 31.4 Å². The molecule has 0 spiro atoms. The number of rotatable bonds is 5. The highest BCUT2D eigenvalue weighted by molar-refractivity contribution is 5.99. The number of hydrogen-bond acceptors (Lipinski definition) is 4. The molecule has 0 aliphatic carbocycles. The number of aryl methyl sites for hydroxylation is 1. The molecule has 2 aromatic heterocycles. The summed E-state index contributed by atoms with van der Waals surface area (Å²) in [5, 5.41) is 7.85. The third-order valence-corrected chi connectivity index (χ3v) is 4.94. The van der Waals surface area contributed by atoms with Gasteiger partial charge in [-0.2, -0.15) is 0 Å². The lowest BCUT2D eigenvalue weighted by Gasteiger charge is -2.10. The molecule has 0 bridgehead atoms. The number of hydrazine groups is 1. The molecule has 2 N–H and O–H groups in total. The highest BCUT2D eigenvalue weighted by Gasteiger charge is 2.18. The molecule has 2 heterocycles. The van der Waals surface area contributed by atoms with E-state index in [1.165, 1.54) is 6.20 Å². The van der Waals surface area contributed by atoms with E-state index >= 15 is 0 Å². The van der Waals surface area contributed by atoms with Crippen molar-refractivity contribution in [1.82, 2.24) is 30.4 Å². The maximum atomic E-state index is 12.7. The normalized spacial score (nSPS) is 10.6. The summed E-state index contributed by atoms with van der Waals surface area (Å²) in [6, 6.07) is 21.3. The van der Waals surface area contributed by atoms with Crippen LogP contribution in [0.1, 0.15) is 37.8 Å². The fourth-order valence-electron chi connectivity index (χ4n) is 3.46. The van der Waals surface area contributed by atoms with E-state index in [0.717, 1.165) is 22.6 Å². The van der Waals surface area contributed by atoms with Crippen molar-refractivity contribution >= 4 is 11.8 Å². The van der Waals surface area contributed by atoms with Crippen LogP contribution in [0.5, 0.6) is 0 Å². The van der Waals surface area contributed by atoms with E-state index in [4.69, 9.17) is 0 Å². The molecule has 0 radical (unpaired) electrons. The van der Waals surface area contributed by atoms with E-state index in [0.29, 0.717) is 12.1 Å². The summed E-state index contributed by atoms with van der Waals surface area (Å²) in [6.07, 6.45) is 1.54. The smallest absolute Gasteiger partial charge is 0.291 e. The lowest BCUT2D eigenvalue weighted by molar-refractivity contribution is 0.0843. The Morgan fingerprint density at radius 3 is 2.26 bits per heavy atom. The summed E-state index contributed by atoms with van der Waals surface area (Å²) in [4.78, 5) is 25.0. The third-order valence-electron chi connectivity index (χ3n) is 4.94. The molecule has 0 atom stereocenters.